The van der Waals surface area contributed by atoms with Gasteiger partial charge in [-0.05, 0) is 51.4 Å². The summed E-state index contributed by atoms with van der Waals surface area (Å²) < 4.78 is 0. The molecule has 29 heavy (non-hydrogen) atoms. The van der Waals surface area contributed by atoms with Crippen LogP contribution >= 0.6 is 0 Å². The van der Waals surface area contributed by atoms with E-state index in [-0.39, 0.29) is 17.5 Å². The van der Waals surface area contributed by atoms with Gasteiger partial charge in [0.15, 0.2) is 11.7 Å². The van der Waals surface area contributed by atoms with Gasteiger partial charge < -0.3 is 10.1 Å². The third-order valence-corrected chi connectivity index (χ3v) is 7.70. The van der Waals surface area contributed by atoms with Gasteiger partial charge in [-0.2, -0.15) is 0 Å². The minimum Gasteiger partial charge on any atom is -0.481 e. The lowest BCUT2D eigenvalue weighted by Crippen LogP contribution is -2.50. The molecule has 3 heterocycles. The van der Waals surface area contributed by atoms with Crippen LogP contribution in [0.2, 0.25) is 0 Å². The molecular formula is C21H29N5O3. The number of aliphatic imine (C=N–C) groups is 1. The van der Waals surface area contributed by atoms with Crippen LogP contribution in [0.3, 0.4) is 0 Å². The number of amidine groups is 1. The van der Waals surface area contributed by atoms with Crippen molar-refractivity contribution in [2.75, 3.05) is 18.0 Å². The van der Waals surface area contributed by atoms with Crippen LogP contribution < -0.4 is 4.90 Å². The largest absolute Gasteiger partial charge is 0.481 e. The normalized spacial score (nSPS) is 33.0. The number of H-pyrrole nitrogens is 1. The summed E-state index contributed by atoms with van der Waals surface area (Å²) in [5.41, 5.74) is 0.210. The highest BCUT2D eigenvalue weighted by Crippen LogP contribution is 2.57. The molecule has 2 bridgehead atoms. The summed E-state index contributed by atoms with van der Waals surface area (Å²) in [6, 6.07) is 0.107. The van der Waals surface area contributed by atoms with Gasteiger partial charge in [0.25, 0.3) is 0 Å². The van der Waals surface area contributed by atoms with E-state index >= 15 is 0 Å². The monoisotopic (exact) mass is 399 g/mol. The van der Waals surface area contributed by atoms with E-state index < -0.39 is 11.4 Å². The third-order valence-electron chi connectivity index (χ3n) is 7.70. The SMILES string of the molecule is CCCN1C(=O)N2C[C@H](CC)N=C2c2[nH]c(C34CCC(C(=O)O)(CC3)CC4)nc21. The highest BCUT2D eigenvalue weighted by molar-refractivity contribution is 6.18. The van der Waals surface area contributed by atoms with Crippen molar-refractivity contribution in [3.8, 4) is 0 Å². The first-order chi connectivity index (χ1) is 13.9. The van der Waals surface area contributed by atoms with Crippen LogP contribution in [0.4, 0.5) is 10.6 Å². The molecule has 0 spiro atoms. The van der Waals surface area contributed by atoms with Crippen LogP contribution in [0.15, 0.2) is 4.99 Å². The molecule has 8 heteroatoms. The Morgan fingerprint density at radius 3 is 2.48 bits per heavy atom. The molecule has 0 aromatic carbocycles. The van der Waals surface area contributed by atoms with E-state index in [2.05, 4.69) is 18.8 Å². The number of aliphatic carboxylic acids is 1. The number of rotatable bonds is 5. The number of carboxylic acid groups (broad SMARTS) is 1. The molecule has 156 valence electrons. The molecule has 3 aliphatic carbocycles. The summed E-state index contributed by atoms with van der Waals surface area (Å²) in [4.78, 5) is 41.8. The van der Waals surface area contributed by atoms with E-state index in [0.717, 1.165) is 49.5 Å². The number of anilines is 1. The number of fused-ring (bicyclic) bond motifs is 6. The number of hydrogen-bond acceptors (Lipinski definition) is 4. The lowest BCUT2D eigenvalue weighted by Gasteiger charge is -2.50. The molecule has 3 fully saturated rings. The fraction of sp³-hybridized carbons (Fsp3) is 0.714. The molecular weight excluding hydrogens is 370 g/mol. The molecule has 2 aliphatic heterocycles. The van der Waals surface area contributed by atoms with Crippen molar-refractivity contribution in [1.82, 2.24) is 14.9 Å². The van der Waals surface area contributed by atoms with Crippen LogP contribution in [0.1, 0.15) is 76.7 Å². The average Bonchev–Trinajstić information content (AvgIpc) is 3.37. The molecule has 0 unspecified atom stereocenters. The molecule has 2 N–H and O–H groups in total. The summed E-state index contributed by atoms with van der Waals surface area (Å²) >= 11 is 0. The lowest BCUT2D eigenvalue weighted by molar-refractivity contribution is -0.156. The highest BCUT2D eigenvalue weighted by Gasteiger charge is 2.55. The van der Waals surface area contributed by atoms with Gasteiger partial charge in [-0.25, -0.2) is 9.78 Å². The summed E-state index contributed by atoms with van der Waals surface area (Å²) in [5.74, 6) is 1.70. The Morgan fingerprint density at radius 2 is 1.90 bits per heavy atom. The number of amides is 2. The molecule has 1 aromatic heterocycles. The number of aromatic amines is 1. The van der Waals surface area contributed by atoms with Gasteiger partial charge in [0.1, 0.15) is 11.5 Å². The fourth-order valence-electron chi connectivity index (χ4n) is 5.66. The van der Waals surface area contributed by atoms with Crippen LogP contribution in [0, 0.1) is 5.41 Å². The molecule has 0 radical (unpaired) electrons. The van der Waals surface area contributed by atoms with Crippen molar-refractivity contribution in [2.45, 2.75) is 76.7 Å². The summed E-state index contributed by atoms with van der Waals surface area (Å²) in [7, 11) is 0. The molecule has 1 aromatic rings. The van der Waals surface area contributed by atoms with Crippen molar-refractivity contribution in [2.24, 2.45) is 10.4 Å². The van der Waals surface area contributed by atoms with Crippen molar-refractivity contribution in [3.63, 3.8) is 0 Å². The summed E-state index contributed by atoms with van der Waals surface area (Å²) in [6.45, 7) is 5.42. The van der Waals surface area contributed by atoms with Crippen LogP contribution in [0.5, 0.6) is 0 Å². The molecule has 1 atom stereocenters. The zero-order chi connectivity index (χ0) is 20.4. The van der Waals surface area contributed by atoms with Crippen molar-refractivity contribution < 1.29 is 14.7 Å². The smallest absolute Gasteiger partial charge is 0.331 e. The Hall–Kier alpha value is -2.38. The van der Waals surface area contributed by atoms with Crippen LogP contribution in [-0.2, 0) is 10.2 Å². The molecule has 8 nitrogen and oxygen atoms in total. The van der Waals surface area contributed by atoms with E-state index in [0.29, 0.717) is 38.2 Å². The van der Waals surface area contributed by atoms with E-state index in [9.17, 15) is 14.7 Å². The number of nitrogens with one attached hydrogen (secondary N) is 1. The number of nitrogens with zero attached hydrogens (tertiary/aromatic N) is 4. The molecule has 6 rings (SSSR count). The molecule has 3 saturated carbocycles. The average molecular weight is 399 g/mol. The number of carbonyl (C=O) groups is 2. The highest BCUT2D eigenvalue weighted by atomic mass is 16.4. The first-order valence-electron chi connectivity index (χ1n) is 10.9. The standard InChI is InChI=1S/C21H29N5O3/c1-3-11-25-16-14(15-22-13(4-2)12-26(15)19(25)29)23-17(24-16)20-5-8-21(9-6-20,10-7-20)18(27)28/h13H,3-12H2,1-2H3,(H,23,24)(H,27,28)/t13-,20?,21?/m0/s1. The van der Waals surface area contributed by atoms with Crippen molar-refractivity contribution >= 4 is 23.7 Å². The van der Waals surface area contributed by atoms with Crippen molar-refractivity contribution in [3.05, 3.63) is 11.5 Å². The Kier molecular flexibility index (Phi) is 4.05. The quantitative estimate of drug-likeness (QED) is 0.793. The van der Waals surface area contributed by atoms with E-state index in [1.54, 1.807) is 9.80 Å². The fourth-order valence-corrected chi connectivity index (χ4v) is 5.66. The number of carbonyl (C=O) groups excluding carboxylic acids is 1. The number of aromatic nitrogens is 2. The van der Waals surface area contributed by atoms with E-state index in [1.807, 2.05) is 0 Å². The van der Waals surface area contributed by atoms with Gasteiger partial charge in [-0.15, -0.1) is 0 Å². The van der Waals surface area contributed by atoms with Gasteiger partial charge >= 0.3 is 12.0 Å². The second-order valence-corrected chi connectivity index (χ2v) is 9.21. The predicted molar refractivity (Wildman–Crippen MR) is 108 cm³/mol. The molecule has 2 amide bonds. The zero-order valence-electron chi connectivity index (χ0n) is 17.2. The predicted octanol–water partition coefficient (Wildman–Crippen LogP) is 3.28. The molecule has 0 saturated heterocycles. The second kappa shape index (κ2) is 6.31. The van der Waals surface area contributed by atoms with Gasteiger partial charge in [0.2, 0.25) is 0 Å². The first kappa shape index (κ1) is 18.6. The first-order valence-corrected chi connectivity index (χ1v) is 10.9. The number of hydrogen-bond donors (Lipinski definition) is 2. The van der Waals surface area contributed by atoms with Gasteiger partial charge in [0.05, 0.1) is 18.0 Å². The Balaban J connectivity index is 1.54. The Labute approximate surface area is 170 Å². The molecule has 5 aliphatic rings. The maximum atomic E-state index is 13.1. The van der Waals surface area contributed by atoms with E-state index in [1.165, 1.54) is 0 Å². The summed E-state index contributed by atoms with van der Waals surface area (Å²) in [5, 5.41) is 9.69. The number of carboxylic acids is 1. The maximum absolute atomic E-state index is 13.1. The summed E-state index contributed by atoms with van der Waals surface area (Å²) in [6.07, 6.45) is 6.38. The van der Waals surface area contributed by atoms with E-state index in [4.69, 9.17) is 9.98 Å². The van der Waals surface area contributed by atoms with Crippen LogP contribution in [0.25, 0.3) is 0 Å². The van der Waals surface area contributed by atoms with Gasteiger partial charge in [-0.1, -0.05) is 13.8 Å². The Morgan fingerprint density at radius 1 is 1.21 bits per heavy atom. The van der Waals surface area contributed by atoms with Gasteiger partial charge in [0, 0.05) is 12.0 Å². The second-order valence-electron chi connectivity index (χ2n) is 9.21. The van der Waals surface area contributed by atoms with Crippen LogP contribution in [-0.4, -0.2) is 56.9 Å². The number of imidazole rings is 1. The minimum atomic E-state index is -0.647. The number of urea groups is 1. The Bertz CT molecular complexity index is 880. The topological polar surface area (TPSA) is 102 Å². The maximum Gasteiger partial charge on any atom is 0.331 e. The van der Waals surface area contributed by atoms with Crippen molar-refractivity contribution in [1.29, 1.82) is 0 Å². The third kappa shape index (κ3) is 2.50. The minimum absolute atomic E-state index is 0.0261. The lowest BCUT2D eigenvalue weighted by atomic mass is 9.53. The van der Waals surface area contributed by atoms with Gasteiger partial charge in [-0.3, -0.25) is 19.6 Å². The zero-order valence-corrected chi connectivity index (χ0v) is 17.2.